The van der Waals surface area contributed by atoms with Gasteiger partial charge in [0.2, 0.25) is 0 Å². The molecule has 0 radical (unpaired) electrons. The van der Waals surface area contributed by atoms with Crippen LogP contribution >= 0.6 is 12.4 Å². The van der Waals surface area contributed by atoms with E-state index in [1.54, 1.807) is 0 Å². The van der Waals surface area contributed by atoms with Gasteiger partial charge in [-0.1, -0.05) is 0 Å². The van der Waals surface area contributed by atoms with Crippen LogP contribution in [0.25, 0.3) is 0 Å². The van der Waals surface area contributed by atoms with Gasteiger partial charge in [-0.2, -0.15) is 13.2 Å². The number of carbonyl (C=O) groups is 2. The molecule has 1 aromatic carbocycles. The second-order valence-electron chi connectivity index (χ2n) is 4.80. The Morgan fingerprint density at radius 1 is 1.23 bits per heavy atom. The summed E-state index contributed by atoms with van der Waals surface area (Å²) in [5.74, 6) is -3.78. The highest BCUT2D eigenvalue weighted by Crippen LogP contribution is 2.31. The smallest absolute Gasteiger partial charge is 0.416 e. The summed E-state index contributed by atoms with van der Waals surface area (Å²) in [6.45, 7) is 0.0275. The highest BCUT2D eigenvalue weighted by Gasteiger charge is 2.34. The molecular formula is C13H12ClF4NO3. The van der Waals surface area contributed by atoms with Crippen LogP contribution in [0.3, 0.4) is 0 Å². The van der Waals surface area contributed by atoms with Gasteiger partial charge < -0.3 is 10.0 Å². The molecule has 0 aromatic heterocycles. The van der Waals surface area contributed by atoms with E-state index in [2.05, 4.69) is 0 Å². The second-order valence-corrected chi connectivity index (χ2v) is 4.80. The number of carbonyl (C=O) groups excluding carboxylic acids is 1. The summed E-state index contributed by atoms with van der Waals surface area (Å²) in [6, 6.07) is 1.59. The summed E-state index contributed by atoms with van der Waals surface area (Å²) in [6.07, 6.45) is -4.53. The van der Waals surface area contributed by atoms with E-state index in [0.29, 0.717) is 18.2 Å². The third kappa shape index (κ3) is 3.88. The molecule has 22 heavy (non-hydrogen) atoms. The van der Waals surface area contributed by atoms with Gasteiger partial charge in [-0.15, -0.1) is 12.4 Å². The number of rotatable bonds is 2. The number of amides is 1. The molecule has 1 amide bonds. The van der Waals surface area contributed by atoms with Crippen molar-refractivity contribution < 1.29 is 32.3 Å². The van der Waals surface area contributed by atoms with Crippen molar-refractivity contribution in [3.63, 3.8) is 0 Å². The van der Waals surface area contributed by atoms with Gasteiger partial charge in [0.1, 0.15) is 5.82 Å². The Morgan fingerprint density at radius 2 is 1.86 bits per heavy atom. The van der Waals surface area contributed by atoms with Crippen molar-refractivity contribution in [2.45, 2.75) is 12.6 Å². The first kappa shape index (κ1) is 18.2. The number of nitrogens with zero attached hydrogens (tertiary/aromatic N) is 1. The predicted octanol–water partition coefficient (Wildman–Crippen LogP) is 2.81. The second kappa shape index (κ2) is 6.51. The standard InChI is InChI=1S/C13H11F4NO3.ClH/c14-10-4-8(3-9(5-10)13(15,16)17)11(19)18-2-1-7(6-18)12(20)21;/h3-5,7H,1-2,6H2,(H,20,21);1H. The van der Waals surface area contributed by atoms with E-state index >= 15 is 0 Å². The molecule has 1 aliphatic heterocycles. The van der Waals surface area contributed by atoms with Crippen molar-refractivity contribution in [1.29, 1.82) is 0 Å². The predicted molar refractivity (Wildman–Crippen MR) is 70.3 cm³/mol. The highest BCUT2D eigenvalue weighted by atomic mass is 35.5. The number of aliphatic carboxylic acids is 1. The molecule has 0 bridgehead atoms. The average Bonchev–Trinajstić information content (AvgIpc) is 2.85. The molecule has 1 fully saturated rings. The number of carboxylic acid groups (broad SMARTS) is 1. The SMILES string of the molecule is Cl.O=C(O)C1CCN(C(=O)c2cc(F)cc(C(F)(F)F)c2)C1. The maximum atomic E-state index is 13.2. The summed E-state index contributed by atoms with van der Waals surface area (Å²) in [5.41, 5.74) is -1.69. The van der Waals surface area contributed by atoms with Crippen molar-refractivity contribution in [2.24, 2.45) is 5.92 Å². The summed E-state index contributed by atoms with van der Waals surface area (Å²) in [4.78, 5) is 24.0. The number of benzene rings is 1. The fourth-order valence-corrected chi connectivity index (χ4v) is 2.21. The molecule has 1 aromatic rings. The van der Waals surface area contributed by atoms with E-state index in [0.717, 1.165) is 4.90 Å². The van der Waals surface area contributed by atoms with Crippen LogP contribution in [-0.2, 0) is 11.0 Å². The first-order valence-corrected chi connectivity index (χ1v) is 6.08. The topological polar surface area (TPSA) is 57.6 Å². The van der Waals surface area contributed by atoms with Gasteiger partial charge in [-0.3, -0.25) is 9.59 Å². The van der Waals surface area contributed by atoms with Crippen molar-refractivity contribution in [3.8, 4) is 0 Å². The van der Waals surface area contributed by atoms with Crippen LogP contribution in [0.1, 0.15) is 22.3 Å². The Bertz CT molecular complexity index is 591. The zero-order valence-corrected chi connectivity index (χ0v) is 11.9. The molecule has 1 unspecified atom stereocenters. The molecule has 1 saturated heterocycles. The zero-order chi connectivity index (χ0) is 15.8. The van der Waals surface area contributed by atoms with Gasteiger partial charge in [-0.25, -0.2) is 4.39 Å². The zero-order valence-electron chi connectivity index (χ0n) is 11.1. The van der Waals surface area contributed by atoms with E-state index < -0.39 is 40.9 Å². The maximum Gasteiger partial charge on any atom is 0.416 e. The number of alkyl halides is 3. The lowest BCUT2D eigenvalue weighted by Gasteiger charge is -2.17. The van der Waals surface area contributed by atoms with E-state index in [4.69, 9.17) is 5.11 Å². The monoisotopic (exact) mass is 341 g/mol. The summed E-state index contributed by atoms with van der Waals surface area (Å²) in [7, 11) is 0. The molecule has 1 N–H and O–H groups in total. The Kier molecular flexibility index (Phi) is 5.39. The molecule has 1 heterocycles. The van der Waals surface area contributed by atoms with Crippen molar-refractivity contribution in [1.82, 2.24) is 4.90 Å². The van der Waals surface area contributed by atoms with E-state index in [1.807, 2.05) is 0 Å². The number of hydrogen-bond acceptors (Lipinski definition) is 2. The molecule has 122 valence electrons. The van der Waals surface area contributed by atoms with Crippen LogP contribution in [0.4, 0.5) is 17.6 Å². The van der Waals surface area contributed by atoms with Gasteiger partial charge in [0.05, 0.1) is 11.5 Å². The Labute approximate surface area is 129 Å². The normalized spacial score (nSPS) is 18.0. The van der Waals surface area contributed by atoms with Gasteiger partial charge in [0, 0.05) is 18.7 Å². The van der Waals surface area contributed by atoms with Gasteiger partial charge in [-0.05, 0) is 24.6 Å². The Hall–Kier alpha value is -1.83. The lowest BCUT2D eigenvalue weighted by Crippen LogP contribution is -2.30. The number of carboxylic acids is 1. The fourth-order valence-electron chi connectivity index (χ4n) is 2.21. The van der Waals surface area contributed by atoms with Gasteiger partial charge in [0.25, 0.3) is 5.91 Å². The molecule has 2 rings (SSSR count). The molecule has 1 atom stereocenters. The largest absolute Gasteiger partial charge is 0.481 e. The molecule has 0 spiro atoms. The number of hydrogen-bond donors (Lipinski definition) is 1. The molecule has 0 aliphatic carbocycles. The summed E-state index contributed by atoms with van der Waals surface area (Å²) >= 11 is 0. The van der Waals surface area contributed by atoms with Crippen molar-refractivity contribution in [2.75, 3.05) is 13.1 Å². The van der Waals surface area contributed by atoms with Gasteiger partial charge >= 0.3 is 12.1 Å². The van der Waals surface area contributed by atoms with Crippen LogP contribution in [0, 0.1) is 11.7 Å². The highest BCUT2D eigenvalue weighted by molar-refractivity contribution is 5.95. The first-order valence-electron chi connectivity index (χ1n) is 6.08. The van der Waals surface area contributed by atoms with Crippen LogP contribution in [-0.4, -0.2) is 35.0 Å². The van der Waals surface area contributed by atoms with Gasteiger partial charge in [0.15, 0.2) is 0 Å². The quantitative estimate of drug-likeness (QED) is 0.842. The van der Waals surface area contributed by atoms with E-state index in [1.165, 1.54) is 0 Å². The molecular weight excluding hydrogens is 330 g/mol. The van der Waals surface area contributed by atoms with Crippen LogP contribution in [0.2, 0.25) is 0 Å². The summed E-state index contributed by atoms with van der Waals surface area (Å²) in [5, 5.41) is 8.83. The maximum absolute atomic E-state index is 13.2. The molecule has 1 aliphatic rings. The summed E-state index contributed by atoms with van der Waals surface area (Å²) < 4.78 is 51.0. The van der Waals surface area contributed by atoms with Crippen LogP contribution in [0.5, 0.6) is 0 Å². The average molecular weight is 342 g/mol. The molecule has 0 saturated carbocycles. The Morgan fingerprint density at radius 3 is 2.36 bits per heavy atom. The third-order valence-corrected chi connectivity index (χ3v) is 3.30. The lowest BCUT2D eigenvalue weighted by molar-refractivity contribution is -0.141. The minimum Gasteiger partial charge on any atom is -0.481 e. The molecule has 4 nitrogen and oxygen atoms in total. The number of likely N-dealkylation sites (tertiary alicyclic amines) is 1. The molecule has 9 heteroatoms. The van der Waals surface area contributed by atoms with Crippen LogP contribution < -0.4 is 0 Å². The first-order chi connectivity index (χ1) is 9.68. The number of halogens is 5. The van der Waals surface area contributed by atoms with E-state index in [-0.39, 0.29) is 31.9 Å². The van der Waals surface area contributed by atoms with Crippen molar-refractivity contribution >= 4 is 24.3 Å². The van der Waals surface area contributed by atoms with Crippen molar-refractivity contribution in [3.05, 3.63) is 35.1 Å². The third-order valence-electron chi connectivity index (χ3n) is 3.30. The minimum atomic E-state index is -4.76. The Balaban J connectivity index is 0.00000242. The minimum absolute atomic E-state index is 0. The fraction of sp³-hybridized carbons (Fsp3) is 0.385. The van der Waals surface area contributed by atoms with E-state index in [9.17, 15) is 27.2 Å². The lowest BCUT2D eigenvalue weighted by atomic mass is 10.1. The van der Waals surface area contributed by atoms with Crippen LogP contribution in [0.15, 0.2) is 18.2 Å².